The quantitative estimate of drug-likeness (QED) is 0.601. The van der Waals surface area contributed by atoms with Crippen LogP contribution in [0.4, 0.5) is 17.1 Å². The molecule has 32 heavy (non-hydrogen) atoms. The molecule has 5 heteroatoms. The molecule has 0 radical (unpaired) electrons. The summed E-state index contributed by atoms with van der Waals surface area (Å²) in [5, 5.41) is 0. The Morgan fingerprint density at radius 1 is 0.812 bits per heavy atom. The van der Waals surface area contributed by atoms with Gasteiger partial charge in [0.25, 0.3) is 5.91 Å². The first-order chi connectivity index (χ1) is 15.3. The number of piperazine rings is 1. The number of carbonyl (C=O) groups is 2. The van der Waals surface area contributed by atoms with Crippen LogP contribution in [0.2, 0.25) is 0 Å². The highest BCUT2D eigenvalue weighted by Gasteiger charge is 2.42. The number of hydrogen-bond acceptors (Lipinski definition) is 3. The van der Waals surface area contributed by atoms with Crippen molar-refractivity contribution in [3.63, 3.8) is 0 Å². The Balaban J connectivity index is 1.83. The van der Waals surface area contributed by atoms with Crippen LogP contribution >= 0.6 is 0 Å². The lowest BCUT2D eigenvalue weighted by Crippen LogP contribution is -2.56. The van der Waals surface area contributed by atoms with E-state index in [4.69, 9.17) is 0 Å². The Labute approximate surface area is 189 Å². The van der Waals surface area contributed by atoms with E-state index in [0.717, 1.165) is 39.3 Å². The van der Waals surface area contributed by atoms with Gasteiger partial charge >= 0.3 is 0 Å². The largest absolute Gasteiger partial charge is 0.378 e. The van der Waals surface area contributed by atoms with Crippen molar-refractivity contribution in [2.24, 2.45) is 0 Å². The van der Waals surface area contributed by atoms with Gasteiger partial charge in [-0.1, -0.05) is 42.0 Å². The number of aryl methyl sites for hydroxylation is 3. The molecular formula is C27H29N3O2. The Bertz CT molecular complexity index is 1150. The minimum atomic E-state index is -0.728. The van der Waals surface area contributed by atoms with Crippen molar-refractivity contribution in [3.05, 3.63) is 89.0 Å². The van der Waals surface area contributed by atoms with Gasteiger partial charge in [-0.2, -0.15) is 0 Å². The molecule has 2 amide bonds. The molecule has 164 valence electrons. The molecule has 0 aliphatic carbocycles. The second-order valence-electron chi connectivity index (χ2n) is 8.70. The number of anilines is 3. The lowest BCUT2D eigenvalue weighted by Gasteiger charge is -2.41. The van der Waals surface area contributed by atoms with Crippen molar-refractivity contribution < 1.29 is 9.59 Å². The summed E-state index contributed by atoms with van der Waals surface area (Å²) in [6.45, 7) is 6.00. The highest BCUT2D eigenvalue weighted by atomic mass is 16.2. The summed E-state index contributed by atoms with van der Waals surface area (Å²) in [6, 6.07) is 20.9. The Kier molecular flexibility index (Phi) is 5.74. The van der Waals surface area contributed by atoms with Crippen LogP contribution in [0.25, 0.3) is 0 Å². The summed E-state index contributed by atoms with van der Waals surface area (Å²) >= 11 is 0. The molecule has 1 aliphatic heterocycles. The van der Waals surface area contributed by atoms with Crippen molar-refractivity contribution in [1.29, 1.82) is 0 Å². The van der Waals surface area contributed by atoms with Gasteiger partial charge in [0.2, 0.25) is 5.91 Å². The first kappa shape index (κ1) is 21.6. The van der Waals surface area contributed by atoms with Crippen LogP contribution < -0.4 is 14.7 Å². The third-order valence-corrected chi connectivity index (χ3v) is 6.02. The molecule has 0 aromatic heterocycles. The molecule has 3 aromatic rings. The van der Waals surface area contributed by atoms with Gasteiger partial charge in [-0.05, 0) is 67.8 Å². The van der Waals surface area contributed by atoms with Crippen molar-refractivity contribution >= 4 is 28.9 Å². The zero-order valence-electron chi connectivity index (χ0n) is 19.3. The van der Waals surface area contributed by atoms with E-state index in [1.807, 2.05) is 106 Å². The molecule has 5 nitrogen and oxygen atoms in total. The Morgan fingerprint density at radius 3 is 2.06 bits per heavy atom. The zero-order chi connectivity index (χ0) is 23.0. The van der Waals surface area contributed by atoms with Gasteiger partial charge in [0.1, 0.15) is 12.6 Å². The fourth-order valence-corrected chi connectivity index (χ4v) is 4.13. The van der Waals surface area contributed by atoms with Crippen LogP contribution in [0.1, 0.15) is 28.3 Å². The normalized spacial score (nSPS) is 16.5. The molecule has 1 aliphatic rings. The van der Waals surface area contributed by atoms with E-state index < -0.39 is 6.04 Å². The van der Waals surface area contributed by atoms with Crippen LogP contribution in [0.3, 0.4) is 0 Å². The van der Waals surface area contributed by atoms with E-state index in [9.17, 15) is 9.59 Å². The fourth-order valence-electron chi connectivity index (χ4n) is 4.13. The third-order valence-electron chi connectivity index (χ3n) is 6.02. The number of amides is 2. The third kappa shape index (κ3) is 3.98. The summed E-state index contributed by atoms with van der Waals surface area (Å²) in [5.74, 6) is -0.201. The predicted molar refractivity (Wildman–Crippen MR) is 130 cm³/mol. The van der Waals surface area contributed by atoms with Crippen LogP contribution in [0, 0.1) is 20.8 Å². The van der Waals surface area contributed by atoms with Gasteiger partial charge in [-0.15, -0.1) is 0 Å². The molecular weight excluding hydrogens is 398 g/mol. The van der Waals surface area contributed by atoms with Crippen molar-refractivity contribution in [3.8, 4) is 0 Å². The highest BCUT2D eigenvalue weighted by Crippen LogP contribution is 2.37. The van der Waals surface area contributed by atoms with E-state index in [-0.39, 0.29) is 18.4 Å². The summed E-state index contributed by atoms with van der Waals surface area (Å²) in [7, 11) is 3.96. The SMILES string of the molecule is Cc1ccc(N2CC(=O)N(c3cc(C)ccc3C)[C@@H](c3ccc(N(C)C)cc3)C2=O)cc1. The van der Waals surface area contributed by atoms with Crippen molar-refractivity contribution in [1.82, 2.24) is 0 Å². The molecule has 0 saturated carbocycles. The lowest BCUT2D eigenvalue weighted by molar-refractivity contribution is -0.128. The number of carbonyl (C=O) groups excluding carboxylic acids is 2. The molecule has 0 N–H and O–H groups in total. The van der Waals surface area contributed by atoms with Crippen LogP contribution in [0.15, 0.2) is 66.7 Å². The average molecular weight is 428 g/mol. The smallest absolute Gasteiger partial charge is 0.255 e. The van der Waals surface area contributed by atoms with Gasteiger partial charge in [0, 0.05) is 31.2 Å². The van der Waals surface area contributed by atoms with Gasteiger partial charge in [0.15, 0.2) is 0 Å². The number of rotatable bonds is 4. The first-order valence-corrected chi connectivity index (χ1v) is 10.8. The molecule has 1 heterocycles. The maximum absolute atomic E-state index is 13.9. The Hall–Kier alpha value is -3.60. The summed E-state index contributed by atoms with van der Waals surface area (Å²) in [6.07, 6.45) is 0. The van der Waals surface area contributed by atoms with E-state index in [2.05, 4.69) is 0 Å². The second kappa shape index (κ2) is 8.50. The molecule has 4 rings (SSSR count). The van der Waals surface area contributed by atoms with Crippen LogP contribution in [-0.2, 0) is 9.59 Å². The Morgan fingerprint density at radius 2 is 1.44 bits per heavy atom. The van der Waals surface area contributed by atoms with Gasteiger partial charge in [-0.3, -0.25) is 14.5 Å². The summed E-state index contributed by atoms with van der Waals surface area (Å²) < 4.78 is 0. The van der Waals surface area contributed by atoms with E-state index in [1.165, 1.54) is 0 Å². The minimum absolute atomic E-state index is 0.0154. The topological polar surface area (TPSA) is 43.9 Å². The molecule has 1 atom stereocenters. The standard InChI is InChI=1S/C27H29N3O2/c1-18-7-12-23(13-8-18)29-17-25(31)30(24-16-19(2)6-9-20(24)3)26(27(29)32)21-10-14-22(15-11-21)28(4)5/h6-16,26H,17H2,1-5H3/t26-/m0/s1. The molecule has 0 unspecified atom stereocenters. The van der Waals surface area contributed by atoms with Gasteiger partial charge in [0.05, 0.1) is 0 Å². The minimum Gasteiger partial charge on any atom is -0.378 e. The molecule has 3 aromatic carbocycles. The highest BCUT2D eigenvalue weighted by molar-refractivity contribution is 6.14. The maximum Gasteiger partial charge on any atom is 0.255 e. The van der Waals surface area contributed by atoms with Crippen molar-refractivity contribution in [2.75, 3.05) is 35.3 Å². The van der Waals surface area contributed by atoms with E-state index >= 15 is 0 Å². The number of hydrogen-bond donors (Lipinski definition) is 0. The zero-order valence-corrected chi connectivity index (χ0v) is 19.3. The predicted octanol–water partition coefficient (Wildman–Crippen LogP) is 4.80. The summed E-state index contributed by atoms with van der Waals surface area (Å²) in [4.78, 5) is 32.7. The van der Waals surface area contributed by atoms with Crippen LogP contribution in [0.5, 0.6) is 0 Å². The fraction of sp³-hybridized carbons (Fsp3) is 0.259. The van der Waals surface area contributed by atoms with Gasteiger partial charge < -0.3 is 9.80 Å². The lowest BCUT2D eigenvalue weighted by atomic mass is 9.97. The molecule has 0 spiro atoms. The van der Waals surface area contributed by atoms with Gasteiger partial charge in [-0.25, -0.2) is 0 Å². The maximum atomic E-state index is 13.9. The average Bonchev–Trinajstić information content (AvgIpc) is 2.77. The number of nitrogens with zero attached hydrogens (tertiary/aromatic N) is 3. The first-order valence-electron chi connectivity index (χ1n) is 10.8. The van der Waals surface area contributed by atoms with Crippen molar-refractivity contribution in [2.45, 2.75) is 26.8 Å². The molecule has 1 saturated heterocycles. The number of benzene rings is 3. The van der Waals surface area contributed by atoms with E-state index in [1.54, 1.807) is 9.80 Å². The van der Waals surface area contributed by atoms with E-state index in [0.29, 0.717) is 0 Å². The molecule has 1 fully saturated rings. The molecule has 0 bridgehead atoms. The summed E-state index contributed by atoms with van der Waals surface area (Å²) in [5.41, 5.74) is 6.49. The second-order valence-corrected chi connectivity index (χ2v) is 8.70. The van der Waals surface area contributed by atoms with Crippen LogP contribution in [-0.4, -0.2) is 32.5 Å². The monoisotopic (exact) mass is 427 g/mol.